The molecule has 2 aromatic carbocycles. The number of hydrogen-bond donors (Lipinski definition) is 0. The van der Waals surface area contributed by atoms with Gasteiger partial charge in [0.1, 0.15) is 17.4 Å². The van der Waals surface area contributed by atoms with Crippen LogP contribution in [0.5, 0.6) is 5.75 Å². The molecule has 6 nitrogen and oxygen atoms in total. The van der Waals surface area contributed by atoms with Crippen LogP contribution >= 0.6 is 0 Å². The van der Waals surface area contributed by atoms with E-state index in [1.807, 2.05) is 37.3 Å². The molecular weight excluding hydrogens is 414 g/mol. The Kier molecular flexibility index (Phi) is 7.68. The first-order valence-corrected chi connectivity index (χ1v) is 11.6. The molecule has 0 radical (unpaired) electrons. The van der Waals surface area contributed by atoms with Gasteiger partial charge in [0.25, 0.3) is 0 Å². The Hall–Kier alpha value is -3.25. The summed E-state index contributed by atoms with van der Waals surface area (Å²) < 4.78 is 11.1. The van der Waals surface area contributed by atoms with E-state index in [0.29, 0.717) is 19.3 Å². The summed E-state index contributed by atoms with van der Waals surface area (Å²) in [5.74, 6) is 1.90. The van der Waals surface area contributed by atoms with E-state index in [9.17, 15) is 4.79 Å². The zero-order valence-electron chi connectivity index (χ0n) is 19.4. The molecule has 2 heterocycles. The lowest BCUT2D eigenvalue weighted by atomic mass is 10.0. The number of carbonyl (C=O) groups excluding carboxylic acids is 1. The lowest BCUT2D eigenvalue weighted by molar-refractivity contribution is -0.118. The summed E-state index contributed by atoms with van der Waals surface area (Å²) in [6.45, 7) is 5.24. The highest BCUT2D eigenvalue weighted by Gasteiger charge is 2.16. The maximum atomic E-state index is 11.9. The number of rotatable bonds is 9. The van der Waals surface area contributed by atoms with Crippen molar-refractivity contribution >= 4 is 11.5 Å². The van der Waals surface area contributed by atoms with E-state index in [1.165, 1.54) is 0 Å². The monoisotopic (exact) mass is 445 g/mol. The number of ketones is 1. The van der Waals surface area contributed by atoms with Gasteiger partial charge in [-0.15, -0.1) is 0 Å². The van der Waals surface area contributed by atoms with Gasteiger partial charge in [-0.05, 0) is 35.7 Å². The number of carbonyl (C=O) groups is 1. The molecule has 1 aliphatic rings. The largest absolute Gasteiger partial charge is 0.495 e. The van der Waals surface area contributed by atoms with E-state index in [2.05, 4.69) is 28.1 Å². The minimum Gasteiger partial charge on any atom is -0.495 e. The second-order valence-electron chi connectivity index (χ2n) is 8.30. The lowest BCUT2D eigenvalue weighted by Crippen LogP contribution is -2.36. The molecule has 3 aromatic rings. The fraction of sp³-hybridized carbons (Fsp3) is 0.370. The molecule has 1 fully saturated rings. The normalized spacial score (nSPS) is 13.7. The van der Waals surface area contributed by atoms with Gasteiger partial charge in [0, 0.05) is 44.1 Å². The highest BCUT2D eigenvalue weighted by molar-refractivity contribution is 5.81. The van der Waals surface area contributed by atoms with Crippen LogP contribution in [0.15, 0.2) is 54.7 Å². The maximum absolute atomic E-state index is 11.9. The number of nitrogens with zero attached hydrogens (tertiary/aromatic N) is 3. The first kappa shape index (κ1) is 22.9. The van der Waals surface area contributed by atoms with Gasteiger partial charge in [-0.1, -0.05) is 37.3 Å². The quantitative estimate of drug-likeness (QED) is 0.484. The third kappa shape index (κ3) is 5.96. The van der Waals surface area contributed by atoms with Crippen LogP contribution in [-0.2, 0) is 22.4 Å². The fourth-order valence-electron chi connectivity index (χ4n) is 4.11. The number of anilines is 1. The van der Waals surface area contributed by atoms with Crippen molar-refractivity contribution in [3.05, 3.63) is 71.7 Å². The molecule has 0 unspecified atom stereocenters. The molecule has 4 rings (SSSR count). The molecule has 6 heteroatoms. The SMILES string of the molecule is CCCC(=O)Cc1ccc(-c2ccnc(Cc3ccc(N4CCOCC4)c(OC)c3)n2)cc1. The molecule has 0 saturated carbocycles. The second kappa shape index (κ2) is 11.1. The number of morpholine rings is 1. The molecule has 0 N–H and O–H groups in total. The van der Waals surface area contributed by atoms with Crippen LogP contribution in [0.2, 0.25) is 0 Å². The van der Waals surface area contributed by atoms with Crippen LogP contribution in [0.25, 0.3) is 11.3 Å². The highest BCUT2D eigenvalue weighted by Crippen LogP contribution is 2.30. The summed E-state index contributed by atoms with van der Waals surface area (Å²) in [6.07, 6.45) is 4.44. The number of ether oxygens (including phenoxy) is 2. The first-order chi connectivity index (χ1) is 16.2. The standard InChI is InChI=1S/C27H31N3O3/c1-3-4-23(31)17-20-5-8-22(9-6-20)24-11-12-28-27(29-24)19-21-7-10-25(26(18-21)32-2)30-13-15-33-16-14-30/h5-12,18H,3-4,13-17,19H2,1-2H3. The van der Waals surface area contributed by atoms with Gasteiger partial charge >= 0.3 is 0 Å². The van der Waals surface area contributed by atoms with E-state index < -0.39 is 0 Å². The smallest absolute Gasteiger partial charge is 0.142 e. The maximum Gasteiger partial charge on any atom is 0.142 e. The molecule has 0 bridgehead atoms. The van der Waals surface area contributed by atoms with Gasteiger partial charge in [0.15, 0.2) is 0 Å². The van der Waals surface area contributed by atoms with Gasteiger partial charge in [-0.3, -0.25) is 4.79 Å². The van der Waals surface area contributed by atoms with Crippen molar-refractivity contribution in [2.75, 3.05) is 38.3 Å². The summed E-state index contributed by atoms with van der Waals surface area (Å²) in [4.78, 5) is 23.5. The van der Waals surface area contributed by atoms with Gasteiger partial charge in [-0.2, -0.15) is 0 Å². The van der Waals surface area contributed by atoms with Crippen molar-refractivity contribution in [3.8, 4) is 17.0 Å². The summed E-state index contributed by atoms with van der Waals surface area (Å²) in [5.41, 5.74) is 5.13. The third-order valence-corrected chi connectivity index (χ3v) is 5.84. The van der Waals surface area contributed by atoms with Gasteiger partial charge in [0.05, 0.1) is 31.7 Å². The summed E-state index contributed by atoms with van der Waals surface area (Å²) >= 11 is 0. The number of methoxy groups -OCH3 is 1. The summed E-state index contributed by atoms with van der Waals surface area (Å²) in [6, 6.07) is 16.3. The van der Waals surface area contributed by atoms with Crippen molar-refractivity contribution < 1.29 is 14.3 Å². The summed E-state index contributed by atoms with van der Waals surface area (Å²) in [7, 11) is 1.71. The molecule has 1 aliphatic heterocycles. The predicted molar refractivity (Wildman–Crippen MR) is 130 cm³/mol. The van der Waals surface area contributed by atoms with Crippen molar-refractivity contribution in [2.24, 2.45) is 0 Å². The van der Waals surface area contributed by atoms with E-state index in [-0.39, 0.29) is 5.78 Å². The van der Waals surface area contributed by atoms with Crippen LogP contribution in [0.4, 0.5) is 5.69 Å². The predicted octanol–water partition coefficient (Wildman–Crippen LogP) is 4.49. The van der Waals surface area contributed by atoms with Crippen LogP contribution in [-0.4, -0.2) is 49.2 Å². The Balaban J connectivity index is 1.47. The fourth-order valence-corrected chi connectivity index (χ4v) is 4.11. The zero-order valence-corrected chi connectivity index (χ0v) is 19.4. The second-order valence-corrected chi connectivity index (χ2v) is 8.30. The molecule has 0 atom stereocenters. The van der Waals surface area contributed by atoms with E-state index in [4.69, 9.17) is 14.5 Å². The van der Waals surface area contributed by atoms with Crippen molar-refractivity contribution in [3.63, 3.8) is 0 Å². The Labute approximate surface area is 195 Å². The lowest BCUT2D eigenvalue weighted by Gasteiger charge is -2.30. The van der Waals surface area contributed by atoms with Crippen molar-refractivity contribution in [2.45, 2.75) is 32.6 Å². The average Bonchev–Trinajstić information content (AvgIpc) is 2.85. The summed E-state index contributed by atoms with van der Waals surface area (Å²) in [5, 5.41) is 0. The minimum absolute atomic E-state index is 0.282. The van der Waals surface area contributed by atoms with E-state index in [1.54, 1.807) is 13.3 Å². The molecular formula is C27H31N3O3. The molecule has 1 aromatic heterocycles. The molecule has 0 spiro atoms. The van der Waals surface area contributed by atoms with Crippen LogP contribution in [0, 0.1) is 0 Å². The molecule has 33 heavy (non-hydrogen) atoms. The average molecular weight is 446 g/mol. The van der Waals surface area contributed by atoms with Gasteiger partial charge in [-0.25, -0.2) is 9.97 Å². The highest BCUT2D eigenvalue weighted by atomic mass is 16.5. The van der Waals surface area contributed by atoms with E-state index in [0.717, 1.165) is 72.4 Å². The topological polar surface area (TPSA) is 64.6 Å². The van der Waals surface area contributed by atoms with E-state index >= 15 is 0 Å². The van der Waals surface area contributed by atoms with Crippen molar-refractivity contribution in [1.82, 2.24) is 9.97 Å². The Morgan fingerprint density at radius 1 is 1.06 bits per heavy atom. The molecule has 1 saturated heterocycles. The van der Waals surface area contributed by atoms with Crippen LogP contribution < -0.4 is 9.64 Å². The Morgan fingerprint density at radius 2 is 1.82 bits per heavy atom. The number of hydrogen-bond acceptors (Lipinski definition) is 6. The van der Waals surface area contributed by atoms with Crippen molar-refractivity contribution in [1.29, 1.82) is 0 Å². The first-order valence-electron chi connectivity index (χ1n) is 11.6. The number of aromatic nitrogens is 2. The Bertz CT molecular complexity index is 1080. The van der Waals surface area contributed by atoms with Crippen LogP contribution in [0.3, 0.4) is 0 Å². The number of Topliss-reactive ketones (excluding diaryl/α,β-unsaturated/α-hetero) is 1. The molecule has 172 valence electrons. The van der Waals surface area contributed by atoms with Gasteiger partial charge in [0.2, 0.25) is 0 Å². The Morgan fingerprint density at radius 3 is 2.55 bits per heavy atom. The molecule has 0 aliphatic carbocycles. The molecule has 0 amide bonds. The zero-order chi connectivity index (χ0) is 23.0. The van der Waals surface area contributed by atoms with Crippen LogP contribution in [0.1, 0.15) is 36.7 Å². The van der Waals surface area contributed by atoms with Gasteiger partial charge < -0.3 is 14.4 Å². The number of benzene rings is 2. The minimum atomic E-state index is 0.282. The third-order valence-electron chi connectivity index (χ3n) is 5.84.